The molecule has 8 heteroatoms. The number of alkyl halides is 1. The second-order valence-electron chi connectivity index (χ2n) is 10.1. The van der Waals surface area contributed by atoms with Gasteiger partial charge >= 0.3 is 12.1 Å². The molecule has 1 heterocycles. The minimum absolute atomic E-state index is 0.0242. The van der Waals surface area contributed by atoms with Crippen molar-refractivity contribution < 1.29 is 23.5 Å². The maximum atomic E-state index is 13.0. The molecule has 0 aromatic carbocycles. The molecule has 0 spiro atoms. The molecular formula is C20H38ClNO5Si. The second kappa shape index (κ2) is 8.92. The summed E-state index contributed by atoms with van der Waals surface area (Å²) in [5.74, 6) is -0.0425. The summed E-state index contributed by atoms with van der Waals surface area (Å²) in [5.41, 5.74) is -1.77. The number of nitrogens with zero attached hydrogens (tertiary/aromatic N) is 1. The van der Waals surface area contributed by atoms with Gasteiger partial charge in [0.2, 0.25) is 0 Å². The average molecular weight is 436 g/mol. The van der Waals surface area contributed by atoms with Crippen molar-refractivity contribution in [2.24, 2.45) is 0 Å². The Morgan fingerprint density at radius 3 is 2.18 bits per heavy atom. The number of hydrogen-bond donors (Lipinski definition) is 0. The van der Waals surface area contributed by atoms with Gasteiger partial charge in [-0.15, -0.1) is 11.6 Å². The minimum Gasteiger partial charge on any atom is -0.467 e. The van der Waals surface area contributed by atoms with Gasteiger partial charge in [0.05, 0.1) is 19.8 Å². The zero-order valence-corrected chi connectivity index (χ0v) is 20.7. The quantitative estimate of drug-likeness (QED) is 0.335. The number of carbonyl (C=O) groups excluding carboxylic acids is 2. The van der Waals surface area contributed by atoms with Crippen LogP contribution in [-0.4, -0.2) is 62.1 Å². The first-order chi connectivity index (χ1) is 12.6. The maximum Gasteiger partial charge on any atom is 0.411 e. The summed E-state index contributed by atoms with van der Waals surface area (Å²) in [6, 6.07) is 0. The zero-order valence-electron chi connectivity index (χ0n) is 19.0. The first-order valence-electron chi connectivity index (χ1n) is 9.92. The fraction of sp³-hybridized carbons (Fsp3) is 0.900. The highest BCUT2D eigenvalue weighted by Gasteiger charge is 2.56. The van der Waals surface area contributed by atoms with Gasteiger partial charge in [0.15, 0.2) is 8.32 Å². The third-order valence-corrected chi connectivity index (χ3v) is 10.4. The van der Waals surface area contributed by atoms with E-state index < -0.39 is 31.5 Å². The first-order valence-corrected chi connectivity index (χ1v) is 13.4. The van der Waals surface area contributed by atoms with Gasteiger partial charge in [-0.1, -0.05) is 20.8 Å². The van der Waals surface area contributed by atoms with E-state index >= 15 is 0 Å². The van der Waals surface area contributed by atoms with Gasteiger partial charge in [-0.25, -0.2) is 9.59 Å². The minimum atomic E-state index is -2.08. The standard InChI is InChI=1S/C20H38ClNO5Si/c1-18(2,3)26-17(24)22-14-15(27-28(8,9)19(4,5)6)13-20(22,11-10-12-21)16(23)25-7/h15H,10-14H2,1-9H3/t15-,20+/m1/s1. The Bertz CT molecular complexity index is 570. The Labute approximate surface area is 176 Å². The number of esters is 1. The summed E-state index contributed by atoms with van der Waals surface area (Å²) in [6.07, 6.45) is 0.627. The summed E-state index contributed by atoms with van der Waals surface area (Å²) < 4.78 is 17.3. The van der Waals surface area contributed by atoms with Crippen LogP contribution in [0.4, 0.5) is 4.79 Å². The third-order valence-electron chi connectivity index (χ3n) is 5.64. The van der Waals surface area contributed by atoms with Gasteiger partial charge < -0.3 is 13.9 Å². The molecule has 0 bridgehead atoms. The van der Waals surface area contributed by atoms with Gasteiger partial charge in [0.25, 0.3) is 0 Å². The Hall–Kier alpha value is -0.793. The van der Waals surface area contributed by atoms with Crippen LogP contribution in [0.5, 0.6) is 0 Å². The number of amides is 1. The predicted molar refractivity (Wildman–Crippen MR) is 114 cm³/mol. The van der Waals surface area contributed by atoms with Gasteiger partial charge in [0, 0.05) is 12.3 Å². The molecule has 0 radical (unpaired) electrons. The third kappa shape index (κ3) is 5.86. The number of methoxy groups -OCH3 is 1. The van der Waals surface area contributed by atoms with E-state index in [0.29, 0.717) is 31.7 Å². The molecule has 6 nitrogen and oxygen atoms in total. The van der Waals surface area contributed by atoms with Crippen molar-refractivity contribution in [1.29, 1.82) is 0 Å². The van der Waals surface area contributed by atoms with Crippen LogP contribution >= 0.6 is 11.6 Å². The molecule has 28 heavy (non-hydrogen) atoms. The van der Waals surface area contributed by atoms with Crippen LogP contribution in [-0.2, 0) is 18.7 Å². The molecule has 0 N–H and O–H groups in total. The Morgan fingerprint density at radius 1 is 1.18 bits per heavy atom. The van der Waals surface area contributed by atoms with Gasteiger partial charge in [-0.05, 0) is 51.7 Å². The Kier molecular flexibility index (Phi) is 8.04. The van der Waals surface area contributed by atoms with Crippen molar-refractivity contribution in [3.8, 4) is 0 Å². The number of rotatable bonds is 6. The zero-order chi connectivity index (χ0) is 22.0. The molecule has 1 aliphatic rings. The van der Waals surface area contributed by atoms with Crippen molar-refractivity contribution in [3.05, 3.63) is 0 Å². The molecule has 0 saturated carbocycles. The highest BCUT2D eigenvalue weighted by Crippen LogP contribution is 2.42. The van der Waals surface area contributed by atoms with Gasteiger partial charge in [-0.3, -0.25) is 4.90 Å². The fourth-order valence-corrected chi connectivity index (χ4v) is 4.73. The van der Waals surface area contributed by atoms with Crippen molar-refractivity contribution >= 4 is 32.0 Å². The molecule has 1 fully saturated rings. The van der Waals surface area contributed by atoms with Crippen molar-refractivity contribution in [2.75, 3.05) is 19.5 Å². The molecule has 1 rings (SSSR count). The van der Waals surface area contributed by atoms with Gasteiger partial charge in [0.1, 0.15) is 11.1 Å². The van der Waals surface area contributed by atoms with Crippen LogP contribution < -0.4 is 0 Å². The smallest absolute Gasteiger partial charge is 0.411 e. The molecule has 0 aromatic rings. The van der Waals surface area contributed by atoms with Crippen molar-refractivity contribution in [2.45, 2.75) is 96.2 Å². The van der Waals surface area contributed by atoms with Crippen LogP contribution in [0.2, 0.25) is 18.1 Å². The molecular weight excluding hydrogens is 398 g/mol. The van der Waals surface area contributed by atoms with Crippen LogP contribution in [0.15, 0.2) is 0 Å². The molecule has 2 atom stereocenters. The van der Waals surface area contributed by atoms with E-state index in [1.807, 2.05) is 20.8 Å². The lowest BCUT2D eigenvalue weighted by Gasteiger charge is -2.38. The van der Waals surface area contributed by atoms with E-state index in [2.05, 4.69) is 33.9 Å². The highest BCUT2D eigenvalue weighted by molar-refractivity contribution is 6.74. The average Bonchev–Trinajstić information content (AvgIpc) is 2.88. The fourth-order valence-electron chi connectivity index (χ4n) is 3.25. The lowest BCUT2D eigenvalue weighted by atomic mass is 9.90. The molecule has 0 aliphatic carbocycles. The molecule has 1 aliphatic heterocycles. The van der Waals surface area contributed by atoms with Crippen LogP contribution in [0.3, 0.4) is 0 Å². The van der Waals surface area contributed by atoms with E-state index in [0.717, 1.165) is 0 Å². The number of ether oxygens (including phenoxy) is 2. The largest absolute Gasteiger partial charge is 0.467 e. The number of halogens is 1. The maximum absolute atomic E-state index is 13.0. The lowest BCUT2D eigenvalue weighted by Crippen LogP contribution is -2.54. The molecule has 1 amide bonds. The molecule has 0 unspecified atom stereocenters. The highest BCUT2D eigenvalue weighted by atomic mass is 35.5. The van der Waals surface area contributed by atoms with Gasteiger partial charge in [-0.2, -0.15) is 0 Å². The SMILES string of the molecule is COC(=O)[C@]1(CCCCl)C[C@@H](O[Si](C)(C)C(C)(C)C)CN1C(=O)OC(C)(C)C. The van der Waals surface area contributed by atoms with E-state index in [1.54, 1.807) is 0 Å². The molecule has 0 aromatic heterocycles. The Balaban J connectivity index is 3.26. The van der Waals surface area contributed by atoms with Crippen LogP contribution in [0.25, 0.3) is 0 Å². The summed E-state index contributed by atoms with van der Waals surface area (Å²) in [7, 11) is -0.730. The normalized spacial score (nSPS) is 23.6. The Morgan fingerprint density at radius 2 is 1.75 bits per heavy atom. The summed E-state index contributed by atoms with van der Waals surface area (Å²) >= 11 is 5.92. The first kappa shape index (κ1) is 25.2. The van der Waals surface area contributed by atoms with Crippen molar-refractivity contribution in [3.63, 3.8) is 0 Å². The summed E-state index contributed by atoms with van der Waals surface area (Å²) in [5, 5.41) is 0.0242. The van der Waals surface area contributed by atoms with Crippen LogP contribution in [0, 0.1) is 0 Å². The van der Waals surface area contributed by atoms with E-state index in [1.165, 1.54) is 12.0 Å². The van der Waals surface area contributed by atoms with E-state index in [4.69, 9.17) is 25.5 Å². The topological polar surface area (TPSA) is 65.1 Å². The van der Waals surface area contributed by atoms with Crippen LogP contribution in [0.1, 0.15) is 60.8 Å². The summed E-state index contributed by atoms with van der Waals surface area (Å²) in [4.78, 5) is 27.4. The molecule has 1 saturated heterocycles. The summed E-state index contributed by atoms with van der Waals surface area (Å²) in [6.45, 7) is 16.6. The monoisotopic (exact) mass is 435 g/mol. The van der Waals surface area contributed by atoms with E-state index in [-0.39, 0.29) is 11.1 Å². The predicted octanol–water partition coefficient (Wildman–Crippen LogP) is 4.95. The number of carbonyl (C=O) groups is 2. The number of likely N-dealkylation sites (tertiary alicyclic amines) is 1. The number of hydrogen-bond acceptors (Lipinski definition) is 5. The second-order valence-corrected chi connectivity index (χ2v) is 15.2. The van der Waals surface area contributed by atoms with E-state index in [9.17, 15) is 9.59 Å². The molecule has 164 valence electrons. The van der Waals surface area contributed by atoms with Crippen molar-refractivity contribution in [1.82, 2.24) is 4.90 Å². The lowest BCUT2D eigenvalue weighted by molar-refractivity contribution is -0.153.